The highest BCUT2D eigenvalue weighted by molar-refractivity contribution is 5.24. The number of hydrogen-bond donors (Lipinski definition) is 0. The van der Waals surface area contributed by atoms with Crippen molar-refractivity contribution in [3.63, 3.8) is 0 Å². The standard InChI is InChI=1S/C14H16F2/c1-2-7-13(14(15)16)11-6-10-12-8-4-3-5-9-12/h3-9,11,14H,2,10H2,1H3/b11-6-,13-7+. The maximum Gasteiger partial charge on any atom is 0.263 e. The Morgan fingerprint density at radius 1 is 1.25 bits per heavy atom. The summed E-state index contributed by atoms with van der Waals surface area (Å²) in [5.74, 6) is 0. The summed E-state index contributed by atoms with van der Waals surface area (Å²) in [7, 11) is 0. The normalized spacial score (nSPS) is 12.6. The summed E-state index contributed by atoms with van der Waals surface area (Å²) in [4.78, 5) is 0. The maximum absolute atomic E-state index is 12.5. The number of halogens is 2. The maximum atomic E-state index is 12.5. The van der Waals surface area contributed by atoms with Crippen molar-refractivity contribution >= 4 is 0 Å². The first-order valence-electron chi connectivity index (χ1n) is 5.42. The lowest BCUT2D eigenvalue weighted by atomic mass is 10.1. The van der Waals surface area contributed by atoms with E-state index in [1.54, 1.807) is 12.2 Å². The average Bonchev–Trinajstić information content (AvgIpc) is 2.29. The molecule has 0 saturated carbocycles. The Morgan fingerprint density at radius 3 is 2.50 bits per heavy atom. The molecule has 0 atom stereocenters. The van der Waals surface area contributed by atoms with E-state index in [1.165, 1.54) is 6.08 Å². The van der Waals surface area contributed by atoms with Gasteiger partial charge in [0.15, 0.2) is 0 Å². The summed E-state index contributed by atoms with van der Waals surface area (Å²) in [6, 6.07) is 9.79. The van der Waals surface area contributed by atoms with Gasteiger partial charge in [-0.25, -0.2) is 8.78 Å². The van der Waals surface area contributed by atoms with E-state index in [1.807, 2.05) is 37.3 Å². The number of rotatable bonds is 5. The number of alkyl halides is 2. The molecular weight excluding hydrogens is 206 g/mol. The van der Waals surface area contributed by atoms with Gasteiger partial charge in [-0.3, -0.25) is 0 Å². The molecular formula is C14H16F2. The highest BCUT2D eigenvalue weighted by atomic mass is 19.3. The Labute approximate surface area is 95.3 Å². The monoisotopic (exact) mass is 222 g/mol. The minimum Gasteiger partial charge on any atom is -0.205 e. The summed E-state index contributed by atoms with van der Waals surface area (Å²) in [5.41, 5.74) is 1.24. The zero-order valence-corrected chi connectivity index (χ0v) is 9.37. The van der Waals surface area contributed by atoms with Crippen molar-refractivity contribution in [1.82, 2.24) is 0 Å². The Kier molecular flexibility index (Phi) is 5.48. The van der Waals surface area contributed by atoms with Crippen LogP contribution in [0.4, 0.5) is 8.78 Å². The molecule has 86 valence electrons. The average molecular weight is 222 g/mol. The summed E-state index contributed by atoms with van der Waals surface area (Å²) in [6.07, 6.45) is 3.80. The quantitative estimate of drug-likeness (QED) is 0.648. The van der Waals surface area contributed by atoms with Crippen molar-refractivity contribution in [3.8, 4) is 0 Å². The highest BCUT2D eigenvalue weighted by Gasteiger charge is 2.05. The molecule has 0 spiro atoms. The molecule has 0 aliphatic carbocycles. The second-order valence-electron chi connectivity index (χ2n) is 3.51. The fourth-order valence-electron chi connectivity index (χ4n) is 1.41. The topological polar surface area (TPSA) is 0 Å². The van der Waals surface area contributed by atoms with Crippen LogP contribution in [0, 0.1) is 0 Å². The molecule has 1 aromatic carbocycles. The molecule has 1 aromatic rings. The van der Waals surface area contributed by atoms with Crippen LogP contribution in [-0.2, 0) is 6.42 Å². The van der Waals surface area contributed by atoms with Crippen LogP contribution < -0.4 is 0 Å². The summed E-state index contributed by atoms with van der Waals surface area (Å²) < 4.78 is 25.0. The SMILES string of the molecule is CC/C=C(\C=C/Cc1ccccc1)C(F)F. The van der Waals surface area contributed by atoms with Gasteiger partial charge < -0.3 is 0 Å². The molecule has 0 N–H and O–H groups in total. The van der Waals surface area contributed by atoms with Gasteiger partial charge >= 0.3 is 0 Å². The third-order valence-corrected chi connectivity index (χ3v) is 2.20. The molecule has 0 unspecified atom stereocenters. The lowest BCUT2D eigenvalue weighted by Crippen LogP contribution is -1.93. The van der Waals surface area contributed by atoms with Crippen LogP contribution in [0.25, 0.3) is 0 Å². The molecule has 0 heterocycles. The Morgan fingerprint density at radius 2 is 1.94 bits per heavy atom. The van der Waals surface area contributed by atoms with E-state index in [9.17, 15) is 8.78 Å². The van der Waals surface area contributed by atoms with Gasteiger partial charge in [0.2, 0.25) is 0 Å². The third kappa shape index (κ3) is 4.39. The predicted octanol–water partition coefficient (Wildman–Crippen LogP) is 4.39. The van der Waals surface area contributed by atoms with E-state index >= 15 is 0 Å². The van der Waals surface area contributed by atoms with E-state index in [2.05, 4.69) is 0 Å². The molecule has 2 heteroatoms. The largest absolute Gasteiger partial charge is 0.263 e. The first kappa shape index (κ1) is 12.6. The smallest absolute Gasteiger partial charge is 0.205 e. The van der Waals surface area contributed by atoms with E-state index < -0.39 is 6.43 Å². The molecule has 16 heavy (non-hydrogen) atoms. The number of benzene rings is 1. The first-order chi connectivity index (χ1) is 7.74. The van der Waals surface area contributed by atoms with Gasteiger partial charge in [-0.1, -0.05) is 55.5 Å². The molecule has 0 amide bonds. The first-order valence-corrected chi connectivity index (χ1v) is 5.42. The van der Waals surface area contributed by atoms with Crippen LogP contribution in [0.1, 0.15) is 18.9 Å². The molecule has 0 aromatic heterocycles. The van der Waals surface area contributed by atoms with Crippen LogP contribution in [0.5, 0.6) is 0 Å². The van der Waals surface area contributed by atoms with Gasteiger partial charge in [0.05, 0.1) is 0 Å². The Balaban J connectivity index is 2.56. The number of allylic oxidation sites excluding steroid dienone is 4. The lowest BCUT2D eigenvalue weighted by Gasteiger charge is -1.99. The van der Waals surface area contributed by atoms with Crippen molar-refractivity contribution in [2.24, 2.45) is 0 Å². The van der Waals surface area contributed by atoms with Crippen LogP contribution in [0.3, 0.4) is 0 Å². The molecule has 0 nitrogen and oxygen atoms in total. The van der Waals surface area contributed by atoms with E-state index in [0.717, 1.165) is 5.56 Å². The minimum atomic E-state index is -2.38. The molecule has 0 saturated heterocycles. The summed E-state index contributed by atoms with van der Waals surface area (Å²) in [5, 5.41) is 0. The van der Waals surface area contributed by atoms with Crippen LogP contribution >= 0.6 is 0 Å². The molecule has 0 fully saturated rings. The van der Waals surface area contributed by atoms with Gasteiger partial charge in [-0.05, 0) is 18.4 Å². The predicted molar refractivity (Wildman–Crippen MR) is 63.7 cm³/mol. The van der Waals surface area contributed by atoms with Gasteiger partial charge in [0.25, 0.3) is 6.43 Å². The van der Waals surface area contributed by atoms with Gasteiger partial charge in [-0.15, -0.1) is 0 Å². The number of hydrogen-bond acceptors (Lipinski definition) is 0. The molecule has 1 rings (SSSR count). The lowest BCUT2D eigenvalue weighted by molar-refractivity contribution is 0.193. The van der Waals surface area contributed by atoms with Crippen LogP contribution in [0.2, 0.25) is 0 Å². The zero-order chi connectivity index (χ0) is 11.8. The van der Waals surface area contributed by atoms with Gasteiger partial charge in [-0.2, -0.15) is 0 Å². The van der Waals surface area contributed by atoms with E-state index in [0.29, 0.717) is 12.8 Å². The van der Waals surface area contributed by atoms with Crippen molar-refractivity contribution in [2.45, 2.75) is 26.2 Å². The van der Waals surface area contributed by atoms with E-state index in [-0.39, 0.29) is 5.57 Å². The third-order valence-electron chi connectivity index (χ3n) is 2.20. The van der Waals surface area contributed by atoms with Crippen molar-refractivity contribution in [1.29, 1.82) is 0 Å². The molecule has 0 bridgehead atoms. The van der Waals surface area contributed by atoms with Crippen molar-refractivity contribution in [3.05, 3.63) is 59.7 Å². The van der Waals surface area contributed by atoms with Gasteiger partial charge in [0.1, 0.15) is 0 Å². The second-order valence-corrected chi connectivity index (χ2v) is 3.51. The highest BCUT2D eigenvalue weighted by Crippen LogP contribution is 2.11. The fourth-order valence-corrected chi connectivity index (χ4v) is 1.41. The van der Waals surface area contributed by atoms with Gasteiger partial charge in [0, 0.05) is 5.57 Å². The Hall–Kier alpha value is -1.44. The Bertz CT molecular complexity index is 350. The zero-order valence-electron chi connectivity index (χ0n) is 9.37. The summed E-state index contributed by atoms with van der Waals surface area (Å²) >= 11 is 0. The summed E-state index contributed by atoms with van der Waals surface area (Å²) in [6.45, 7) is 1.85. The van der Waals surface area contributed by atoms with Crippen molar-refractivity contribution in [2.75, 3.05) is 0 Å². The molecule has 0 radical (unpaired) electrons. The second kappa shape index (κ2) is 6.94. The van der Waals surface area contributed by atoms with Crippen molar-refractivity contribution < 1.29 is 8.78 Å². The van der Waals surface area contributed by atoms with Crippen LogP contribution in [-0.4, -0.2) is 6.43 Å². The van der Waals surface area contributed by atoms with Crippen LogP contribution in [0.15, 0.2) is 54.1 Å². The molecule has 0 aliphatic heterocycles. The fraction of sp³-hybridized carbons (Fsp3) is 0.286. The molecule has 0 aliphatic rings. The minimum absolute atomic E-state index is 0.110. The van der Waals surface area contributed by atoms with E-state index in [4.69, 9.17) is 0 Å².